The second-order valence-electron chi connectivity index (χ2n) is 9.66. The SMILES string of the molecule is CN1CCC(C(=O)Nc2n[nH]c3ccc(-c4cc(CO)ccc4Cl)cc23)CC1.Cc1ccc(S(=O)(=O)O)cc1. The van der Waals surface area contributed by atoms with Crippen LogP contribution in [-0.2, 0) is 21.5 Å². The topological polar surface area (TPSA) is 136 Å². The highest BCUT2D eigenvalue weighted by Crippen LogP contribution is 2.33. The minimum atomic E-state index is -4.02. The van der Waals surface area contributed by atoms with Gasteiger partial charge in [-0.2, -0.15) is 13.5 Å². The zero-order chi connectivity index (χ0) is 28.2. The Kier molecular flexibility index (Phi) is 9.04. The fourth-order valence-electron chi connectivity index (χ4n) is 4.37. The zero-order valence-electron chi connectivity index (χ0n) is 21.7. The molecule has 1 amide bonds. The Hall–Kier alpha value is -3.28. The molecule has 1 aliphatic rings. The molecule has 0 unspecified atom stereocenters. The summed E-state index contributed by atoms with van der Waals surface area (Å²) in [5.74, 6) is 0.573. The second kappa shape index (κ2) is 12.3. The quantitative estimate of drug-likeness (QED) is 0.251. The van der Waals surface area contributed by atoms with Crippen molar-refractivity contribution in [3.8, 4) is 11.1 Å². The van der Waals surface area contributed by atoms with Crippen LogP contribution in [0.15, 0.2) is 65.6 Å². The number of likely N-dealkylation sites (tertiary alicyclic amines) is 1. The van der Waals surface area contributed by atoms with E-state index in [9.17, 15) is 18.3 Å². The lowest BCUT2D eigenvalue weighted by molar-refractivity contribution is -0.121. The summed E-state index contributed by atoms with van der Waals surface area (Å²) in [5.41, 5.74) is 4.34. The van der Waals surface area contributed by atoms with Crippen molar-refractivity contribution < 1.29 is 22.9 Å². The van der Waals surface area contributed by atoms with Crippen molar-refractivity contribution >= 4 is 44.3 Å². The van der Waals surface area contributed by atoms with Gasteiger partial charge in [0.2, 0.25) is 5.91 Å². The predicted octanol–water partition coefficient (Wildman–Crippen LogP) is 4.90. The van der Waals surface area contributed by atoms with E-state index in [0.717, 1.165) is 59.1 Å². The van der Waals surface area contributed by atoms with Gasteiger partial charge in [-0.15, -0.1) is 0 Å². The molecule has 0 bridgehead atoms. The number of aliphatic hydroxyl groups is 1. The third-order valence-corrected chi connectivity index (χ3v) is 7.93. The summed E-state index contributed by atoms with van der Waals surface area (Å²) in [6.07, 6.45) is 1.72. The highest BCUT2D eigenvalue weighted by Gasteiger charge is 2.24. The fourth-order valence-corrected chi connectivity index (χ4v) is 5.08. The third kappa shape index (κ3) is 7.23. The van der Waals surface area contributed by atoms with Crippen LogP contribution in [0.2, 0.25) is 5.02 Å². The van der Waals surface area contributed by atoms with E-state index in [1.807, 2.05) is 31.2 Å². The van der Waals surface area contributed by atoms with Gasteiger partial charge in [-0.3, -0.25) is 14.4 Å². The van der Waals surface area contributed by atoms with Crippen LogP contribution >= 0.6 is 11.6 Å². The average molecular weight is 571 g/mol. The molecule has 0 atom stereocenters. The Morgan fingerprint density at radius 1 is 1.10 bits per heavy atom. The summed E-state index contributed by atoms with van der Waals surface area (Å²) in [5, 5.41) is 21.1. The maximum atomic E-state index is 12.7. The van der Waals surface area contributed by atoms with Crippen LogP contribution in [0.25, 0.3) is 22.0 Å². The number of aliphatic hydroxyl groups excluding tert-OH is 1. The maximum absolute atomic E-state index is 12.7. The normalized spacial score (nSPS) is 14.6. The number of aryl methyl sites for hydroxylation is 1. The molecular weight excluding hydrogens is 540 g/mol. The minimum Gasteiger partial charge on any atom is -0.392 e. The molecule has 5 rings (SSSR count). The molecule has 0 aliphatic carbocycles. The lowest BCUT2D eigenvalue weighted by Gasteiger charge is -2.27. The van der Waals surface area contributed by atoms with Gasteiger partial charge in [-0.05, 0) is 87.4 Å². The van der Waals surface area contributed by atoms with Crippen molar-refractivity contribution in [1.29, 1.82) is 0 Å². The van der Waals surface area contributed by atoms with Crippen molar-refractivity contribution in [3.05, 3.63) is 76.8 Å². The number of carbonyl (C=O) groups is 1. The summed E-state index contributed by atoms with van der Waals surface area (Å²) in [6, 6.07) is 17.3. The van der Waals surface area contributed by atoms with Crippen molar-refractivity contribution in [2.75, 3.05) is 25.5 Å². The Morgan fingerprint density at radius 3 is 2.44 bits per heavy atom. The molecule has 0 spiro atoms. The molecule has 206 valence electrons. The van der Waals surface area contributed by atoms with Gasteiger partial charge in [0.1, 0.15) is 0 Å². The number of hydrogen-bond donors (Lipinski definition) is 4. The van der Waals surface area contributed by atoms with Gasteiger partial charge in [0.25, 0.3) is 10.1 Å². The lowest BCUT2D eigenvalue weighted by Crippen LogP contribution is -2.36. The predicted molar refractivity (Wildman–Crippen MR) is 152 cm³/mol. The second-order valence-corrected chi connectivity index (χ2v) is 11.5. The molecule has 1 aliphatic heterocycles. The van der Waals surface area contributed by atoms with Gasteiger partial charge in [0.15, 0.2) is 5.82 Å². The molecular formula is C28H31ClN4O5S. The third-order valence-electron chi connectivity index (χ3n) is 6.74. The Balaban J connectivity index is 0.000000270. The van der Waals surface area contributed by atoms with Crippen LogP contribution in [-0.4, -0.2) is 59.2 Å². The molecule has 39 heavy (non-hydrogen) atoms. The van der Waals surface area contributed by atoms with Crippen LogP contribution in [0, 0.1) is 12.8 Å². The van der Waals surface area contributed by atoms with Gasteiger partial charge in [-0.1, -0.05) is 41.4 Å². The number of aromatic nitrogens is 2. The first-order chi connectivity index (χ1) is 18.5. The first-order valence-corrected chi connectivity index (χ1v) is 14.3. The number of anilines is 1. The Bertz CT molecular complexity index is 1560. The molecule has 11 heteroatoms. The maximum Gasteiger partial charge on any atom is 0.294 e. The van der Waals surface area contributed by atoms with Gasteiger partial charge in [0, 0.05) is 21.9 Å². The van der Waals surface area contributed by atoms with Crippen LogP contribution in [0.4, 0.5) is 5.82 Å². The molecule has 4 N–H and O–H groups in total. The molecule has 1 fully saturated rings. The molecule has 4 aromatic rings. The highest BCUT2D eigenvalue weighted by atomic mass is 35.5. The molecule has 1 saturated heterocycles. The van der Waals surface area contributed by atoms with E-state index < -0.39 is 10.1 Å². The number of piperidine rings is 1. The number of amides is 1. The number of carbonyl (C=O) groups excluding carboxylic acids is 1. The summed E-state index contributed by atoms with van der Waals surface area (Å²) in [7, 11) is -1.94. The average Bonchev–Trinajstić information content (AvgIpc) is 3.31. The Morgan fingerprint density at radius 2 is 1.79 bits per heavy atom. The molecule has 0 radical (unpaired) electrons. The summed E-state index contributed by atoms with van der Waals surface area (Å²) in [6.45, 7) is 3.66. The molecule has 2 heterocycles. The first kappa shape index (κ1) is 28.7. The lowest BCUT2D eigenvalue weighted by atomic mass is 9.96. The highest BCUT2D eigenvalue weighted by molar-refractivity contribution is 7.85. The number of halogens is 1. The van der Waals surface area contributed by atoms with Crippen molar-refractivity contribution in [2.45, 2.75) is 31.3 Å². The van der Waals surface area contributed by atoms with Gasteiger partial charge in [0.05, 0.1) is 17.0 Å². The van der Waals surface area contributed by atoms with E-state index in [1.54, 1.807) is 24.3 Å². The van der Waals surface area contributed by atoms with E-state index in [1.165, 1.54) is 12.1 Å². The summed E-state index contributed by atoms with van der Waals surface area (Å²) < 4.78 is 29.6. The van der Waals surface area contributed by atoms with Gasteiger partial charge in [-0.25, -0.2) is 0 Å². The summed E-state index contributed by atoms with van der Waals surface area (Å²) in [4.78, 5) is 14.8. The number of fused-ring (bicyclic) bond motifs is 1. The minimum absolute atomic E-state index is 0.0156. The number of benzene rings is 3. The van der Waals surface area contributed by atoms with E-state index in [-0.39, 0.29) is 23.3 Å². The molecule has 9 nitrogen and oxygen atoms in total. The van der Waals surface area contributed by atoms with Crippen LogP contribution in [0.1, 0.15) is 24.0 Å². The Labute approximate surface area is 232 Å². The first-order valence-electron chi connectivity index (χ1n) is 12.5. The van der Waals surface area contributed by atoms with E-state index in [0.29, 0.717) is 10.8 Å². The molecule has 1 aromatic heterocycles. The molecule has 0 saturated carbocycles. The van der Waals surface area contributed by atoms with Crippen LogP contribution in [0.3, 0.4) is 0 Å². The monoisotopic (exact) mass is 570 g/mol. The molecule has 3 aromatic carbocycles. The number of rotatable bonds is 5. The fraction of sp³-hybridized carbons (Fsp3) is 0.286. The number of H-pyrrole nitrogens is 1. The van der Waals surface area contributed by atoms with E-state index in [2.05, 4.69) is 27.5 Å². The van der Waals surface area contributed by atoms with Crippen LogP contribution in [0.5, 0.6) is 0 Å². The number of nitrogens with one attached hydrogen (secondary N) is 2. The number of nitrogens with zero attached hydrogens (tertiary/aromatic N) is 2. The number of hydrogen-bond acceptors (Lipinski definition) is 6. The van der Waals surface area contributed by atoms with Gasteiger partial charge >= 0.3 is 0 Å². The standard InChI is InChI=1S/C21H23ClN4O2.C7H8O3S/c1-26-8-6-14(7-9-26)21(28)23-20-17-11-15(3-5-19(17)24-25-20)16-10-13(12-27)2-4-18(16)22;1-6-2-4-7(5-3-6)11(8,9)10/h2-5,10-11,14,27H,6-9,12H2,1H3,(H2,23,24,25,28);2-5H,1H3,(H,8,9,10). The van der Waals surface area contributed by atoms with Crippen molar-refractivity contribution in [1.82, 2.24) is 15.1 Å². The zero-order valence-corrected chi connectivity index (χ0v) is 23.3. The smallest absolute Gasteiger partial charge is 0.294 e. The van der Waals surface area contributed by atoms with E-state index in [4.69, 9.17) is 16.2 Å². The summed E-state index contributed by atoms with van der Waals surface area (Å²) >= 11 is 6.37. The van der Waals surface area contributed by atoms with Crippen molar-refractivity contribution in [2.24, 2.45) is 5.92 Å². The van der Waals surface area contributed by atoms with Gasteiger partial charge < -0.3 is 15.3 Å². The van der Waals surface area contributed by atoms with Crippen LogP contribution < -0.4 is 5.32 Å². The largest absolute Gasteiger partial charge is 0.392 e. The van der Waals surface area contributed by atoms with E-state index >= 15 is 0 Å². The van der Waals surface area contributed by atoms with Crippen molar-refractivity contribution in [3.63, 3.8) is 0 Å². The number of aromatic amines is 1.